The molecule has 0 spiro atoms. The van der Waals surface area contributed by atoms with Gasteiger partial charge in [-0.3, -0.25) is 4.79 Å². The Balaban J connectivity index is 2.04. The lowest BCUT2D eigenvalue weighted by atomic mass is 10.1. The Hall–Kier alpha value is -1.79. The Kier molecular flexibility index (Phi) is 6.67. The van der Waals surface area contributed by atoms with Gasteiger partial charge in [0.25, 0.3) is 0 Å². The third kappa shape index (κ3) is 4.84. The number of hydrogen-bond acceptors (Lipinski definition) is 5. The van der Waals surface area contributed by atoms with E-state index in [9.17, 15) is 4.79 Å². The van der Waals surface area contributed by atoms with Crippen molar-refractivity contribution in [1.29, 1.82) is 0 Å². The van der Waals surface area contributed by atoms with Gasteiger partial charge in [0.1, 0.15) is 6.04 Å². The van der Waals surface area contributed by atoms with Crippen molar-refractivity contribution in [1.82, 2.24) is 10.6 Å². The van der Waals surface area contributed by atoms with Crippen molar-refractivity contribution in [2.24, 2.45) is 0 Å². The van der Waals surface area contributed by atoms with Crippen LogP contribution in [-0.2, 0) is 9.53 Å². The molecule has 1 aliphatic rings. The van der Waals surface area contributed by atoms with Crippen LogP contribution in [0.25, 0.3) is 0 Å². The highest BCUT2D eigenvalue weighted by atomic mass is 16.5. The summed E-state index contributed by atoms with van der Waals surface area (Å²) in [5.74, 6) is 1.37. The lowest BCUT2D eigenvalue weighted by molar-refractivity contribution is -0.126. The first-order chi connectivity index (χ1) is 11.2. The Morgan fingerprint density at radius 1 is 1.35 bits per heavy atom. The van der Waals surface area contributed by atoms with E-state index in [1.165, 1.54) is 0 Å². The zero-order valence-corrected chi connectivity index (χ0v) is 14.1. The summed E-state index contributed by atoms with van der Waals surface area (Å²) in [6.45, 7) is 8.72. The average molecular weight is 322 g/mol. The van der Waals surface area contributed by atoms with E-state index >= 15 is 0 Å². The Morgan fingerprint density at radius 3 is 2.74 bits per heavy atom. The molecule has 6 nitrogen and oxygen atoms in total. The van der Waals surface area contributed by atoms with E-state index in [0.717, 1.165) is 11.3 Å². The monoisotopic (exact) mass is 322 g/mol. The number of benzene rings is 1. The van der Waals surface area contributed by atoms with Crippen LogP contribution in [0.15, 0.2) is 18.2 Å². The molecule has 23 heavy (non-hydrogen) atoms. The average Bonchev–Trinajstić information content (AvgIpc) is 2.57. The zero-order valence-electron chi connectivity index (χ0n) is 14.1. The molecule has 2 rings (SSSR count). The fourth-order valence-electron chi connectivity index (χ4n) is 2.47. The minimum atomic E-state index is -0.291. The maximum atomic E-state index is 12.3. The van der Waals surface area contributed by atoms with Crippen molar-refractivity contribution in [3.05, 3.63) is 23.8 Å². The number of rotatable bonds is 7. The number of carbonyl (C=O) groups is 1. The SMILES string of the molecule is CCOc1ccc(C(C)NC(=O)C2COCCN2)cc1OCC. The van der Waals surface area contributed by atoms with Gasteiger partial charge in [-0.2, -0.15) is 0 Å². The topological polar surface area (TPSA) is 68.8 Å². The molecule has 2 atom stereocenters. The second kappa shape index (κ2) is 8.74. The Morgan fingerprint density at radius 2 is 2.09 bits per heavy atom. The largest absolute Gasteiger partial charge is 0.490 e. The van der Waals surface area contributed by atoms with E-state index in [4.69, 9.17) is 14.2 Å². The summed E-state index contributed by atoms with van der Waals surface area (Å²) in [4.78, 5) is 12.3. The molecule has 1 heterocycles. The number of carbonyl (C=O) groups excluding carboxylic acids is 1. The summed E-state index contributed by atoms with van der Waals surface area (Å²) in [6, 6.07) is 5.34. The van der Waals surface area contributed by atoms with Crippen molar-refractivity contribution in [2.45, 2.75) is 32.9 Å². The van der Waals surface area contributed by atoms with E-state index < -0.39 is 0 Å². The highest BCUT2D eigenvalue weighted by molar-refractivity contribution is 5.82. The molecule has 2 N–H and O–H groups in total. The fraction of sp³-hybridized carbons (Fsp3) is 0.588. The van der Waals surface area contributed by atoms with Gasteiger partial charge in [0.05, 0.1) is 32.5 Å². The van der Waals surface area contributed by atoms with Crippen LogP contribution >= 0.6 is 0 Å². The molecule has 2 unspecified atom stereocenters. The molecule has 1 fully saturated rings. The van der Waals surface area contributed by atoms with Gasteiger partial charge in [-0.25, -0.2) is 0 Å². The predicted molar refractivity (Wildman–Crippen MR) is 87.9 cm³/mol. The summed E-state index contributed by atoms with van der Waals surface area (Å²) < 4.78 is 16.5. The lowest BCUT2D eigenvalue weighted by Gasteiger charge is -2.25. The number of ether oxygens (including phenoxy) is 3. The second-order valence-electron chi connectivity index (χ2n) is 5.38. The van der Waals surface area contributed by atoms with Crippen LogP contribution in [-0.4, -0.2) is 44.9 Å². The van der Waals surface area contributed by atoms with E-state index in [2.05, 4.69) is 10.6 Å². The molecule has 1 amide bonds. The van der Waals surface area contributed by atoms with Crippen LogP contribution in [0.3, 0.4) is 0 Å². The summed E-state index contributed by atoms with van der Waals surface area (Å²) >= 11 is 0. The molecule has 0 bridgehead atoms. The van der Waals surface area contributed by atoms with Crippen LogP contribution in [0, 0.1) is 0 Å². The first kappa shape index (κ1) is 17.6. The van der Waals surface area contributed by atoms with Crippen LogP contribution in [0.2, 0.25) is 0 Å². The summed E-state index contributed by atoms with van der Waals surface area (Å²) in [6.07, 6.45) is 0. The minimum absolute atomic E-state index is 0.0518. The van der Waals surface area contributed by atoms with Crippen molar-refractivity contribution < 1.29 is 19.0 Å². The number of hydrogen-bond donors (Lipinski definition) is 2. The zero-order chi connectivity index (χ0) is 16.7. The fourth-order valence-corrected chi connectivity index (χ4v) is 2.47. The summed E-state index contributed by atoms with van der Waals surface area (Å²) in [5, 5.41) is 6.16. The van der Waals surface area contributed by atoms with Crippen LogP contribution in [0.4, 0.5) is 0 Å². The molecule has 1 aliphatic heterocycles. The maximum absolute atomic E-state index is 12.3. The first-order valence-electron chi connectivity index (χ1n) is 8.16. The maximum Gasteiger partial charge on any atom is 0.240 e. The molecule has 0 saturated carbocycles. The van der Waals surface area contributed by atoms with Gasteiger partial charge in [-0.05, 0) is 38.5 Å². The molecule has 128 valence electrons. The van der Waals surface area contributed by atoms with Crippen LogP contribution < -0.4 is 20.1 Å². The van der Waals surface area contributed by atoms with Crippen molar-refractivity contribution in [2.75, 3.05) is 33.0 Å². The van der Waals surface area contributed by atoms with E-state index in [0.29, 0.717) is 38.7 Å². The molecule has 6 heteroatoms. The molecule has 0 aromatic heterocycles. The summed E-state index contributed by atoms with van der Waals surface area (Å²) in [7, 11) is 0. The van der Waals surface area contributed by atoms with Gasteiger partial charge in [0.15, 0.2) is 11.5 Å². The van der Waals surface area contributed by atoms with Gasteiger partial charge in [0.2, 0.25) is 5.91 Å². The highest BCUT2D eigenvalue weighted by Gasteiger charge is 2.23. The van der Waals surface area contributed by atoms with E-state index in [1.807, 2.05) is 39.0 Å². The lowest BCUT2D eigenvalue weighted by Crippen LogP contribution is -2.51. The normalized spacial score (nSPS) is 19.0. The van der Waals surface area contributed by atoms with Gasteiger partial charge in [-0.1, -0.05) is 6.07 Å². The molecule has 0 aliphatic carbocycles. The molecule has 1 aromatic rings. The highest BCUT2D eigenvalue weighted by Crippen LogP contribution is 2.30. The predicted octanol–water partition coefficient (Wildman–Crippen LogP) is 1.65. The third-order valence-electron chi connectivity index (χ3n) is 3.66. The van der Waals surface area contributed by atoms with Crippen LogP contribution in [0.5, 0.6) is 11.5 Å². The minimum Gasteiger partial charge on any atom is -0.490 e. The quantitative estimate of drug-likeness (QED) is 0.799. The van der Waals surface area contributed by atoms with E-state index in [-0.39, 0.29) is 18.0 Å². The van der Waals surface area contributed by atoms with Crippen LogP contribution in [0.1, 0.15) is 32.4 Å². The number of morpholine rings is 1. The molecular weight excluding hydrogens is 296 g/mol. The van der Waals surface area contributed by atoms with Crippen molar-refractivity contribution in [3.63, 3.8) is 0 Å². The standard InChI is InChI=1S/C17H26N2O4/c1-4-22-15-7-6-13(10-16(15)23-5-2)12(3)19-17(20)14-11-21-9-8-18-14/h6-7,10,12,14,18H,4-5,8-9,11H2,1-3H3,(H,19,20). The van der Waals surface area contributed by atoms with Gasteiger partial charge < -0.3 is 24.8 Å². The van der Waals surface area contributed by atoms with Gasteiger partial charge in [-0.15, -0.1) is 0 Å². The first-order valence-corrected chi connectivity index (χ1v) is 8.16. The molecule has 1 aromatic carbocycles. The Bertz CT molecular complexity index is 515. The second-order valence-corrected chi connectivity index (χ2v) is 5.38. The van der Waals surface area contributed by atoms with Gasteiger partial charge in [0, 0.05) is 6.54 Å². The molecule has 1 saturated heterocycles. The molecule has 0 radical (unpaired) electrons. The van der Waals surface area contributed by atoms with Crippen molar-refractivity contribution >= 4 is 5.91 Å². The summed E-state index contributed by atoms with van der Waals surface area (Å²) in [5.41, 5.74) is 0.974. The smallest absolute Gasteiger partial charge is 0.240 e. The number of amides is 1. The third-order valence-corrected chi connectivity index (χ3v) is 3.66. The van der Waals surface area contributed by atoms with Crippen molar-refractivity contribution in [3.8, 4) is 11.5 Å². The van der Waals surface area contributed by atoms with E-state index in [1.54, 1.807) is 0 Å². The van der Waals surface area contributed by atoms with Gasteiger partial charge >= 0.3 is 0 Å². The molecular formula is C17H26N2O4. The number of nitrogens with one attached hydrogen (secondary N) is 2. The Labute approximate surface area is 137 Å².